The molecule has 1 aliphatic rings. The van der Waals surface area contributed by atoms with E-state index in [1.807, 2.05) is 0 Å². The number of halogens is 2. The van der Waals surface area contributed by atoms with Crippen LogP contribution in [0.3, 0.4) is 0 Å². The first-order valence-electron chi connectivity index (χ1n) is 6.36. The molecule has 0 saturated carbocycles. The van der Waals surface area contributed by atoms with Crippen LogP contribution in [0.25, 0.3) is 0 Å². The Morgan fingerprint density at radius 3 is 2.77 bits per heavy atom. The quantitative estimate of drug-likeness (QED) is 0.896. The van der Waals surface area contributed by atoms with Crippen LogP contribution in [0.1, 0.15) is 10.4 Å². The second kappa shape index (κ2) is 5.44. The Balaban J connectivity index is 1.88. The molecule has 0 atom stereocenters. The minimum absolute atomic E-state index is 0.0421. The second-order valence-electron chi connectivity index (χ2n) is 4.60. The maximum absolute atomic E-state index is 13.2. The summed E-state index contributed by atoms with van der Waals surface area (Å²) < 4.78 is 31.3. The van der Waals surface area contributed by atoms with Gasteiger partial charge in [0.2, 0.25) is 0 Å². The predicted molar refractivity (Wildman–Crippen MR) is 74.9 cm³/mol. The number of rotatable bonds is 2. The lowest BCUT2D eigenvalue weighted by molar-refractivity contribution is -0.118. The average molecular weight is 304 g/mol. The smallest absolute Gasteiger partial charge is 0.262 e. The Bertz CT molecular complexity index is 777. The molecule has 2 N–H and O–H groups in total. The standard InChI is InChI=1S/C15H10F2N2O3/c16-9-5-4-8(6-10(9)17)15(21)18-11-2-1-3-12-14(11)19-13(20)7-22-12/h1-6H,7H2,(H,18,21)(H,19,20). The summed E-state index contributed by atoms with van der Waals surface area (Å²) in [6.45, 7) is -0.104. The Kier molecular flexibility index (Phi) is 3.46. The van der Waals surface area contributed by atoms with Crippen molar-refractivity contribution in [1.29, 1.82) is 0 Å². The highest BCUT2D eigenvalue weighted by Gasteiger charge is 2.20. The summed E-state index contributed by atoms with van der Waals surface area (Å²) >= 11 is 0. The molecule has 0 bridgehead atoms. The topological polar surface area (TPSA) is 67.4 Å². The molecule has 2 amide bonds. The molecule has 0 saturated heterocycles. The summed E-state index contributed by atoms with van der Waals surface area (Å²) in [5.74, 6) is -2.70. The molecule has 3 rings (SSSR count). The van der Waals surface area contributed by atoms with Gasteiger partial charge < -0.3 is 15.4 Å². The minimum atomic E-state index is -1.11. The van der Waals surface area contributed by atoms with Crippen molar-refractivity contribution in [1.82, 2.24) is 0 Å². The molecule has 2 aromatic carbocycles. The summed E-state index contributed by atoms with van der Waals surface area (Å²) in [5, 5.41) is 5.12. The molecule has 0 radical (unpaired) electrons. The van der Waals surface area contributed by atoms with Crippen LogP contribution >= 0.6 is 0 Å². The third-order valence-electron chi connectivity index (χ3n) is 3.08. The van der Waals surface area contributed by atoms with Gasteiger partial charge in [0.25, 0.3) is 11.8 Å². The van der Waals surface area contributed by atoms with E-state index in [9.17, 15) is 18.4 Å². The maximum Gasteiger partial charge on any atom is 0.262 e. The Labute approximate surface area is 123 Å². The maximum atomic E-state index is 13.2. The number of anilines is 2. The van der Waals surface area contributed by atoms with Gasteiger partial charge in [-0.05, 0) is 30.3 Å². The van der Waals surface area contributed by atoms with Crippen LogP contribution in [0.5, 0.6) is 5.75 Å². The molecule has 7 heteroatoms. The summed E-state index contributed by atoms with van der Waals surface area (Å²) in [7, 11) is 0. The number of carbonyl (C=O) groups excluding carboxylic acids is 2. The summed E-state index contributed by atoms with van der Waals surface area (Å²) in [4.78, 5) is 23.5. The van der Waals surface area contributed by atoms with Gasteiger partial charge in [0.1, 0.15) is 11.4 Å². The Morgan fingerprint density at radius 2 is 2.00 bits per heavy atom. The predicted octanol–water partition coefficient (Wildman–Crippen LogP) is 2.55. The van der Waals surface area contributed by atoms with Crippen molar-refractivity contribution in [2.75, 3.05) is 17.2 Å². The molecule has 0 fully saturated rings. The zero-order valence-electron chi connectivity index (χ0n) is 11.2. The molecular formula is C15H10F2N2O3. The van der Waals surface area contributed by atoms with Gasteiger partial charge in [0, 0.05) is 5.56 Å². The van der Waals surface area contributed by atoms with Crippen molar-refractivity contribution in [3.05, 3.63) is 53.6 Å². The third kappa shape index (κ3) is 2.60. The molecule has 1 heterocycles. The number of ether oxygens (including phenoxy) is 1. The van der Waals surface area contributed by atoms with Gasteiger partial charge in [-0.25, -0.2) is 8.78 Å². The lowest BCUT2D eigenvalue weighted by Crippen LogP contribution is -2.26. The summed E-state index contributed by atoms with van der Waals surface area (Å²) in [5.41, 5.74) is 0.592. The van der Waals surface area contributed by atoms with Gasteiger partial charge in [-0.2, -0.15) is 0 Å². The number of hydrogen-bond acceptors (Lipinski definition) is 3. The van der Waals surface area contributed by atoms with Crippen LogP contribution in [0.2, 0.25) is 0 Å². The highest BCUT2D eigenvalue weighted by atomic mass is 19.2. The van der Waals surface area contributed by atoms with Crippen LogP contribution < -0.4 is 15.4 Å². The van der Waals surface area contributed by atoms with E-state index in [1.54, 1.807) is 18.2 Å². The number of carbonyl (C=O) groups is 2. The van der Waals surface area contributed by atoms with Crippen molar-refractivity contribution in [2.24, 2.45) is 0 Å². The number of benzene rings is 2. The van der Waals surface area contributed by atoms with E-state index >= 15 is 0 Å². The summed E-state index contributed by atoms with van der Waals surface area (Å²) in [6.07, 6.45) is 0. The molecule has 112 valence electrons. The van der Waals surface area contributed by atoms with Crippen LogP contribution in [-0.2, 0) is 4.79 Å². The Hall–Kier alpha value is -2.96. The second-order valence-corrected chi connectivity index (χ2v) is 4.60. The molecule has 0 aliphatic carbocycles. The first kappa shape index (κ1) is 14.0. The lowest BCUT2D eigenvalue weighted by Gasteiger charge is -2.20. The van der Waals surface area contributed by atoms with Crippen molar-refractivity contribution < 1.29 is 23.1 Å². The third-order valence-corrected chi connectivity index (χ3v) is 3.08. The fourth-order valence-electron chi connectivity index (χ4n) is 2.04. The van der Waals surface area contributed by atoms with Crippen molar-refractivity contribution >= 4 is 23.2 Å². The van der Waals surface area contributed by atoms with E-state index in [4.69, 9.17) is 4.74 Å². The molecular weight excluding hydrogens is 294 g/mol. The normalized spacial score (nSPS) is 12.9. The van der Waals surface area contributed by atoms with Gasteiger partial charge >= 0.3 is 0 Å². The zero-order valence-corrected chi connectivity index (χ0v) is 11.2. The highest BCUT2D eigenvalue weighted by Crippen LogP contribution is 2.35. The lowest BCUT2D eigenvalue weighted by atomic mass is 10.1. The largest absolute Gasteiger partial charge is 0.481 e. The molecule has 0 spiro atoms. The van der Waals surface area contributed by atoms with Crippen molar-refractivity contribution in [3.63, 3.8) is 0 Å². The molecule has 0 aromatic heterocycles. The molecule has 5 nitrogen and oxygen atoms in total. The van der Waals surface area contributed by atoms with Gasteiger partial charge in [0.05, 0.1) is 5.69 Å². The van der Waals surface area contributed by atoms with Gasteiger partial charge in [0.15, 0.2) is 18.2 Å². The van der Waals surface area contributed by atoms with E-state index < -0.39 is 17.5 Å². The van der Waals surface area contributed by atoms with E-state index in [0.29, 0.717) is 17.1 Å². The molecule has 2 aromatic rings. The van der Waals surface area contributed by atoms with Crippen LogP contribution in [0.4, 0.5) is 20.2 Å². The molecule has 0 unspecified atom stereocenters. The number of nitrogens with one attached hydrogen (secondary N) is 2. The van der Waals surface area contributed by atoms with Gasteiger partial charge in [-0.15, -0.1) is 0 Å². The summed E-state index contributed by atoms with van der Waals surface area (Å²) in [6, 6.07) is 7.67. The number of hydrogen-bond donors (Lipinski definition) is 2. The van der Waals surface area contributed by atoms with Crippen LogP contribution in [0, 0.1) is 11.6 Å². The SMILES string of the molecule is O=C1COc2cccc(NC(=O)c3ccc(F)c(F)c3)c2N1. The van der Waals surface area contributed by atoms with Crippen LogP contribution in [-0.4, -0.2) is 18.4 Å². The molecule has 22 heavy (non-hydrogen) atoms. The van der Waals surface area contributed by atoms with Gasteiger partial charge in [-0.3, -0.25) is 9.59 Å². The van der Waals surface area contributed by atoms with Crippen molar-refractivity contribution in [3.8, 4) is 5.75 Å². The zero-order chi connectivity index (χ0) is 15.7. The highest BCUT2D eigenvalue weighted by molar-refractivity contribution is 6.08. The number of fused-ring (bicyclic) bond motifs is 1. The number of amides is 2. The Morgan fingerprint density at radius 1 is 1.18 bits per heavy atom. The first-order chi connectivity index (χ1) is 10.5. The minimum Gasteiger partial charge on any atom is -0.481 e. The first-order valence-corrected chi connectivity index (χ1v) is 6.36. The average Bonchev–Trinajstić information content (AvgIpc) is 2.50. The number of para-hydroxylation sites is 1. The van der Waals surface area contributed by atoms with Gasteiger partial charge in [-0.1, -0.05) is 6.07 Å². The monoisotopic (exact) mass is 304 g/mol. The van der Waals surface area contributed by atoms with E-state index in [1.165, 1.54) is 0 Å². The molecule has 1 aliphatic heterocycles. The van der Waals surface area contributed by atoms with Crippen LogP contribution in [0.15, 0.2) is 36.4 Å². The fraction of sp³-hybridized carbons (Fsp3) is 0.0667. The fourth-order valence-corrected chi connectivity index (χ4v) is 2.04. The van der Waals surface area contributed by atoms with E-state index in [2.05, 4.69) is 10.6 Å². The van der Waals surface area contributed by atoms with Crippen molar-refractivity contribution in [2.45, 2.75) is 0 Å². The van der Waals surface area contributed by atoms with E-state index in [-0.39, 0.29) is 18.1 Å². The van der Waals surface area contributed by atoms with E-state index in [0.717, 1.165) is 18.2 Å².